The molecular formula is C16H36O5S. The van der Waals surface area contributed by atoms with Crippen LogP contribution < -0.4 is 0 Å². The van der Waals surface area contributed by atoms with Gasteiger partial charge in [-0.1, -0.05) is 77.6 Å². The molecule has 0 aliphatic rings. The number of unbranched alkanes of at least 4 members (excludes halogenated alkanes) is 11. The van der Waals surface area contributed by atoms with Crippen molar-refractivity contribution in [1.82, 2.24) is 0 Å². The lowest BCUT2D eigenvalue weighted by Crippen LogP contribution is -2.01. The van der Waals surface area contributed by atoms with E-state index in [1.807, 2.05) is 0 Å². The molecule has 0 aliphatic heterocycles. The fraction of sp³-hybridized carbons (Fsp3) is 1.00. The van der Waals surface area contributed by atoms with Gasteiger partial charge in [0.15, 0.2) is 0 Å². The van der Waals surface area contributed by atoms with Crippen molar-refractivity contribution in [3.8, 4) is 0 Å². The standard InChI is InChI=1S/C14H30O.C2H6O4S/c1-2-3-4-5-6-7-8-9-10-11-12-13-14-15;1-2-6-7(3,4)5/h15H,2-14H2,1H3;2H2,1H3,(H,3,4,5). The Morgan fingerprint density at radius 1 is 0.727 bits per heavy atom. The highest BCUT2D eigenvalue weighted by Gasteiger charge is 1.98. The number of aliphatic hydroxyl groups excluding tert-OH is 1. The highest BCUT2D eigenvalue weighted by atomic mass is 32.3. The number of rotatable bonds is 14. The SMILES string of the molecule is CCCCCCCCCCCCCCO.CCOS(=O)(=O)O. The summed E-state index contributed by atoms with van der Waals surface area (Å²) < 4.78 is 30.7. The largest absolute Gasteiger partial charge is 0.397 e. The van der Waals surface area contributed by atoms with Crippen molar-refractivity contribution in [2.24, 2.45) is 0 Å². The highest BCUT2D eigenvalue weighted by molar-refractivity contribution is 7.80. The van der Waals surface area contributed by atoms with Crippen LogP contribution in [-0.2, 0) is 14.6 Å². The predicted octanol–water partition coefficient (Wildman–Crippen LogP) is 4.51. The van der Waals surface area contributed by atoms with Gasteiger partial charge < -0.3 is 5.11 Å². The molecule has 0 aromatic heterocycles. The van der Waals surface area contributed by atoms with Crippen molar-refractivity contribution < 1.29 is 22.3 Å². The van der Waals surface area contributed by atoms with Gasteiger partial charge in [0.25, 0.3) is 0 Å². The van der Waals surface area contributed by atoms with Crippen LogP contribution in [0.4, 0.5) is 0 Å². The molecule has 0 spiro atoms. The smallest absolute Gasteiger partial charge is 0.396 e. The van der Waals surface area contributed by atoms with Gasteiger partial charge in [-0.3, -0.25) is 4.55 Å². The molecule has 0 radical (unpaired) electrons. The summed E-state index contributed by atoms with van der Waals surface area (Å²) in [7, 11) is -4.17. The van der Waals surface area contributed by atoms with E-state index in [-0.39, 0.29) is 6.61 Å². The minimum absolute atomic E-state index is 0.0289. The van der Waals surface area contributed by atoms with Crippen LogP contribution in [0.2, 0.25) is 0 Å². The van der Waals surface area contributed by atoms with Gasteiger partial charge in [0, 0.05) is 6.61 Å². The predicted molar refractivity (Wildman–Crippen MR) is 91.3 cm³/mol. The topological polar surface area (TPSA) is 83.8 Å². The molecule has 0 atom stereocenters. The van der Waals surface area contributed by atoms with Crippen molar-refractivity contribution in [2.45, 2.75) is 90.9 Å². The second kappa shape index (κ2) is 18.9. The Labute approximate surface area is 137 Å². The molecule has 0 aromatic rings. The first-order valence-electron chi connectivity index (χ1n) is 8.70. The summed E-state index contributed by atoms with van der Waals surface area (Å²) in [6.45, 7) is 4.08. The van der Waals surface area contributed by atoms with Gasteiger partial charge in [-0.25, -0.2) is 4.18 Å². The van der Waals surface area contributed by atoms with Crippen molar-refractivity contribution in [3.63, 3.8) is 0 Å². The zero-order valence-corrected chi connectivity index (χ0v) is 15.2. The van der Waals surface area contributed by atoms with Crippen LogP contribution in [0.5, 0.6) is 0 Å². The number of hydrogen-bond acceptors (Lipinski definition) is 4. The molecule has 2 N–H and O–H groups in total. The number of aliphatic hydroxyl groups is 1. The lowest BCUT2D eigenvalue weighted by atomic mass is 10.1. The van der Waals surface area contributed by atoms with Crippen molar-refractivity contribution in [1.29, 1.82) is 0 Å². The second-order valence-electron chi connectivity index (χ2n) is 5.45. The van der Waals surface area contributed by atoms with Crippen molar-refractivity contribution in [3.05, 3.63) is 0 Å². The van der Waals surface area contributed by atoms with Crippen LogP contribution in [-0.4, -0.2) is 31.3 Å². The Hall–Kier alpha value is -0.170. The first kappa shape index (κ1) is 24.1. The average molecular weight is 341 g/mol. The molecule has 0 saturated carbocycles. The third kappa shape index (κ3) is 28.1. The lowest BCUT2D eigenvalue weighted by molar-refractivity contribution is 0.282. The maximum Gasteiger partial charge on any atom is 0.397 e. The maximum absolute atomic E-state index is 9.56. The van der Waals surface area contributed by atoms with Crippen LogP contribution in [0.3, 0.4) is 0 Å². The zero-order chi connectivity index (χ0) is 17.1. The van der Waals surface area contributed by atoms with E-state index in [0.717, 1.165) is 6.42 Å². The molecule has 0 aromatic carbocycles. The molecule has 0 bridgehead atoms. The molecule has 136 valence electrons. The molecule has 0 heterocycles. The minimum atomic E-state index is -4.17. The first-order chi connectivity index (χ1) is 10.5. The van der Waals surface area contributed by atoms with E-state index in [2.05, 4.69) is 11.1 Å². The molecule has 5 nitrogen and oxygen atoms in total. The van der Waals surface area contributed by atoms with Crippen LogP contribution >= 0.6 is 0 Å². The summed E-state index contributed by atoms with van der Waals surface area (Å²) >= 11 is 0. The molecule has 0 saturated heterocycles. The third-order valence-electron chi connectivity index (χ3n) is 3.28. The summed E-state index contributed by atoms with van der Waals surface area (Å²) in [6, 6.07) is 0. The van der Waals surface area contributed by atoms with E-state index in [4.69, 9.17) is 9.66 Å². The Morgan fingerprint density at radius 3 is 1.32 bits per heavy atom. The second-order valence-corrected chi connectivity index (χ2v) is 6.54. The zero-order valence-electron chi connectivity index (χ0n) is 14.4. The van der Waals surface area contributed by atoms with Crippen molar-refractivity contribution >= 4 is 10.4 Å². The quantitative estimate of drug-likeness (QED) is 0.359. The van der Waals surface area contributed by atoms with Gasteiger partial charge in [-0.2, -0.15) is 8.42 Å². The summed E-state index contributed by atoms with van der Waals surface area (Å²) in [5.74, 6) is 0. The van der Waals surface area contributed by atoms with Crippen LogP contribution in [0.15, 0.2) is 0 Å². The minimum Gasteiger partial charge on any atom is -0.396 e. The Bertz CT molecular complexity index is 279. The fourth-order valence-electron chi connectivity index (χ4n) is 2.10. The Kier molecular flexibility index (Phi) is 20.7. The van der Waals surface area contributed by atoms with Crippen molar-refractivity contribution in [2.75, 3.05) is 13.2 Å². The van der Waals surface area contributed by atoms with E-state index in [9.17, 15) is 8.42 Å². The monoisotopic (exact) mass is 340 g/mol. The maximum atomic E-state index is 9.56. The molecule has 0 aliphatic carbocycles. The Balaban J connectivity index is 0. The summed E-state index contributed by atoms with van der Waals surface area (Å²) in [5.41, 5.74) is 0. The van der Waals surface area contributed by atoms with E-state index in [1.165, 1.54) is 77.6 Å². The average Bonchev–Trinajstić information content (AvgIpc) is 2.44. The van der Waals surface area contributed by atoms with Gasteiger partial charge >= 0.3 is 10.4 Å². The molecular weight excluding hydrogens is 304 g/mol. The molecule has 0 unspecified atom stereocenters. The highest BCUT2D eigenvalue weighted by Crippen LogP contribution is 2.11. The van der Waals surface area contributed by atoms with Gasteiger partial charge in [0.05, 0.1) is 6.61 Å². The third-order valence-corrected chi connectivity index (χ3v) is 3.81. The Morgan fingerprint density at radius 2 is 1.09 bits per heavy atom. The molecule has 0 amide bonds. The van der Waals surface area contributed by atoms with E-state index >= 15 is 0 Å². The number of hydrogen-bond donors (Lipinski definition) is 2. The molecule has 22 heavy (non-hydrogen) atoms. The molecule has 6 heteroatoms. The lowest BCUT2D eigenvalue weighted by Gasteiger charge is -2.01. The van der Waals surface area contributed by atoms with Crippen LogP contribution in [0.25, 0.3) is 0 Å². The summed E-state index contributed by atoms with van der Waals surface area (Å²) in [4.78, 5) is 0. The van der Waals surface area contributed by atoms with Gasteiger partial charge in [-0.15, -0.1) is 0 Å². The van der Waals surface area contributed by atoms with Gasteiger partial charge in [0.1, 0.15) is 0 Å². The van der Waals surface area contributed by atoms with E-state index < -0.39 is 10.4 Å². The van der Waals surface area contributed by atoms with Gasteiger partial charge in [-0.05, 0) is 13.3 Å². The fourth-order valence-corrected chi connectivity index (χ4v) is 2.40. The van der Waals surface area contributed by atoms with E-state index in [1.54, 1.807) is 0 Å². The van der Waals surface area contributed by atoms with E-state index in [0.29, 0.717) is 6.61 Å². The molecule has 0 rings (SSSR count). The molecule has 0 fully saturated rings. The normalized spacial score (nSPS) is 11.1. The van der Waals surface area contributed by atoms with Gasteiger partial charge in [0.2, 0.25) is 0 Å². The first-order valence-corrected chi connectivity index (χ1v) is 10.1. The summed E-state index contributed by atoms with van der Waals surface area (Å²) in [6.07, 6.45) is 16.2. The summed E-state index contributed by atoms with van der Waals surface area (Å²) in [5, 5.41) is 8.61. The van der Waals surface area contributed by atoms with Crippen LogP contribution in [0.1, 0.15) is 90.9 Å². The van der Waals surface area contributed by atoms with Crippen LogP contribution in [0, 0.1) is 0 Å².